The number of rotatable bonds is 10. The first-order chi connectivity index (χ1) is 15.8. The molecule has 3 rings (SSSR count). The molecule has 0 aliphatic rings. The molecule has 0 atom stereocenters. The van der Waals surface area contributed by atoms with E-state index in [1.807, 2.05) is 38.1 Å². The predicted molar refractivity (Wildman–Crippen MR) is 125 cm³/mol. The van der Waals surface area contributed by atoms with Crippen LogP contribution in [0.1, 0.15) is 44.7 Å². The van der Waals surface area contributed by atoms with E-state index in [1.54, 1.807) is 24.3 Å². The van der Waals surface area contributed by atoms with Crippen molar-refractivity contribution in [3.05, 3.63) is 65.9 Å². The lowest BCUT2D eigenvalue weighted by molar-refractivity contribution is -0.137. The number of unbranched alkanes of at least 4 members (excludes halogenated alkanes) is 1. The standard InChI is InChI=1S/C25H29F3N4O/c1-4-5-8-18-11-13-19(14-12-18)30-24-29-15-20(25(26,27)28)23(32-24)31-21-9-6-7-10-22(21)33-16-17(2)3/h6-7,9-15,17H,4-5,8,16H2,1-3H3,(H2,29,30,31,32). The van der Waals surface area contributed by atoms with Gasteiger partial charge in [-0.1, -0.05) is 51.5 Å². The fraction of sp³-hybridized carbons (Fsp3) is 0.360. The van der Waals surface area contributed by atoms with Crippen molar-refractivity contribution in [1.29, 1.82) is 0 Å². The van der Waals surface area contributed by atoms with Crippen LogP contribution in [0.3, 0.4) is 0 Å². The topological polar surface area (TPSA) is 59.1 Å². The molecule has 33 heavy (non-hydrogen) atoms. The van der Waals surface area contributed by atoms with Gasteiger partial charge in [-0.15, -0.1) is 0 Å². The molecule has 2 N–H and O–H groups in total. The quantitative estimate of drug-likeness (QED) is 0.332. The number of benzene rings is 2. The molecule has 0 radical (unpaired) electrons. The third kappa shape index (κ3) is 7.10. The minimum atomic E-state index is -4.62. The normalized spacial score (nSPS) is 11.5. The van der Waals surface area contributed by atoms with E-state index in [1.165, 1.54) is 5.56 Å². The van der Waals surface area contributed by atoms with Gasteiger partial charge in [0.1, 0.15) is 17.1 Å². The Morgan fingerprint density at radius 2 is 1.73 bits per heavy atom. The number of para-hydroxylation sites is 2. The number of hydrogen-bond acceptors (Lipinski definition) is 5. The van der Waals surface area contributed by atoms with Gasteiger partial charge in [0, 0.05) is 11.9 Å². The summed E-state index contributed by atoms with van der Waals surface area (Å²) < 4.78 is 46.7. The summed E-state index contributed by atoms with van der Waals surface area (Å²) in [4.78, 5) is 8.01. The number of hydrogen-bond donors (Lipinski definition) is 2. The Hall–Kier alpha value is -3.29. The van der Waals surface area contributed by atoms with Crippen molar-refractivity contribution in [2.45, 2.75) is 46.2 Å². The summed E-state index contributed by atoms with van der Waals surface area (Å²) in [7, 11) is 0. The number of halogens is 3. The first-order valence-corrected chi connectivity index (χ1v) is 11.0. The van der Waals surface area contributed by atoms with E-state index < -0.39 is 11.7 Å². The van der Waals surface area contributed by atoms with Crippen LogP contribution in [0.15, 0.2) is 54.7 Å². The second-order valence-corrected chi connectivity index (χ2v) is 8.21. The minimum Gasteiger partial charge on any atom is -0.491 e. The van der Waals surface area contributed by atoms with E-state index in [0.717, 1.165) is 25.5 Å². The van der Waals surface area contributed by atoms with Gasteiger partial charge in [0.25, 0.3) is 0 Å². The second-order valence-electron chi connectivity index (χ2n) is 8.21. The van der Waals surface area contributed by atoms with Gasteiger partial charge in [-0.25, -0.2) is 4.98 Å². The van der Waals surface area contributed by atoms with Crippen LogP contribution < -0.4 is 15.4 Å². The van der Waals surface area contributed by atoms with Gasteiger partial charge in [0.2, 0.25) is 5.95 Å². The first kappa shape index (κ1) is 24.4. The number of aryl methyl sites for hydroxylation is 1. The predicted octanol–water partition coefficient (Wildman–Crippen LogP) is 7.36. The molecule has 2 aromatic carbocycles. The molecule has 0 saturated heterocycles. The van der Waals surface area contributed by atoms with Crippen LogP contribution in [0.2, 0.25) is 0 Å². The summed E-state index contributed by atoms with van der Waals surface area (Å²) in [6.07, 6.45) is -0.632. The van der Waals surface area contributed by atoms with E-state index in [2.05, 4.69) is 27.5 Å². The van der Waals surface area contributed by atoms with E-state index in [9.17, 15) is 13.2 Å². The Kier molecular flexibility index (Phi) is 8.14. The van der Waals surface area contributed by atoms with Crippen LogP contribution in [0.4, 0.5) is 36.3 Å². The van der Waals surface area contributed by atoms with E-state index in [0.29, 0.717) is 23.7 Å². The van der Waals surface area contributed by atoms with Crippen molar-refractivity contribution in [2.75, 3.05) is 17.2 Å². The average Bonchev–Trinajstić information content (AvgIpc) is 2.77. The van der Waals surface area contributed by atoms with Crippen molar-refractivity contribution >= 4 is 23.1 Å². The highest BCUT2D eigenvalue weighted by Gasteiger charge is 2.35. The van der Waals surface area contributed by atoms with Crippen molar-refractivity contribution < 1.29 is 17.9 Å². The Balaban J connectivity index is 1.86. The summed E-state index contributed by atoms with van der Waals surface area (Å²) in [5, 5.41) is 5.78. The van der Waals surface area contributed by atoms with Crippen molar-refractivity contribution in [1.82, 2.24) is 9.97 Å². The SMILES string of the molecule is CCCCc1ccc(Nc2ncc(C(F)(F)F)c(Nc3ccccc3OCC(C)C)n2)cc1. The Labute approximate surface area is 192 Å². The number of anilines is 4. The molecule has 1 heterocycles. The van der Waals surface area contributed by atoms with Gasteiger partial charge < -0.3 is 15.4 Å². The molecule has 0 aliphatic carbocycles. The lowest BCUT2D eigenvalue weighted by atomic mass is 10.1. The van der Waals surface area contributed by atoms with E-state index in [-0.39, 0.29) is 17.7 Å². The van der Waals surface area contributed by atoms with Gasteiger partial charge >= 0.3 is 6.18 Å². The van der Waals surface area contributed by atoms with Crippen LogP contribution in [0.25, 0.3) is 0 Å². The largest absolute Gasteiger partial charge is 0.491 e. The molecule has 0 fully saturated rings. The maximum absolute atomic E-state index is 13.6. The van der Waals surface area contributed by atoms with E-state index >= 15 is 0 Å². The monoisotopic (exact) mass is 458 g/mol. The summed E-state index contributed by atoms with van der Waals surface area (Å²) in [5.41, 5.74) is 1.34. The zero-order valence-electron chi connectivity index (χ0n) is 19.0. The van der Waals surface area contributed by atoms with Gasteiger partial charge in [-0.05, 0) is 48.6 Å². The van der Waals surface area contributed by atoms with Gasteiger partial charge in [0.15, 0.2) is 0 Å². The maximum Gasteiger partial charge on any atom is 0.421 e. The lowest BCUT2D eigenvalue weighted by Crippen LogP contribution is -2.13. The Morgan fingerprint density at radius 3 is 2.39 bits per heavy atom. The molecule has 3 aromatic rings. The third-order valence-electron chi connectivity index (χ3n) is 4.84. The molecule has 176 valence electrons. The summed E-state index contributed by atoms with van der Waals surface area (Å²) in [5.74, 6) is 0.440. The smallest absolute Gasteiger partial charge is 0.421 e. The maximum atomic E-state index is 13.6. The molecule has 0 amide bonds. The summed E-state index contributed by atoms with van der Waals surface area (Å²) >= 11 is 0. The highest BCUT2D eigenvalue weighted by molar-refractivity contribution is 5.67. The summed E-state index contributed by atoms with van der Waals surface area (Å²) in [6, 6.07) is 14.6. The van der Waals surface area contributed by atoms with E-state index in [4.69, 9.17) is 4.74 Å². The molecule has 0 unspecified atom stereocenters. The van der Waals surface area contributed by atoms with Crippen molar-refractivity contribution in [3.63, 3.8) is 0 Å². The fourth-order valence-electron chi connectivity index (χ4n) is 3.09. The number of aromatic nitrogens is 2. The van der Waals surface area contributed by atoms with Crippen molar-refractivity contribution in [3.8, 4) is 5.75 Å². The molecule has 8 heteroatoms. The number of ether oxygens (including phenoxy) is 1. The zero-order chi connectivity index (χ0) is 23.8. The minimum absolute atomic E-state index is 0.0624. The number of alkyl halides is 3. The molecule has 1 aromatic heterocycles. The molecule has 0 bridgehead atoms. The van der Waals surface area contributed by atoms with Crippen LogP contribution in [0, 0.1) is 5.92 Å². The van der Waals surface area contributed by atoms with Crippen molar-refractivity contribution in [2.24, 2.45) is 5.92 Å². The Morgan fingerprint density at radius 1 is 1.00 bits per heavy atom. The molecule has 0 aliphatic heterocycles. The number of nitrogens with zero attached hydrogens (tertiary/aromatic N) is 2. The molecule has 5 nitrogen and oxygen atoms in total. The molecular formula is C25H29F3N4O. The van der Waals surface area contributed by atoms with Gasteiger partial charge in [-0.3, -0.25) is 0 Å². The first-order valence-electron chi connectivity index (χ1n) is 11.0. The van der Waals surface area contributed by atoms with Crippen LogP contribution in [-0.2, 0) is 12.6 Å². The number of nitrogens with one attached hydrogen (secondary N) is 2. The summed E-state index contributed by atoms with van der Waals surface area (Å²) in [6.45, 7) is 6.57. The van der Waals surface area contributed by atoms with Crippen LogP contribution in [0.5, 0.6) is 5.75 Å². The molecule has 0 spiro atoms. The highest BCUT2D eigenvalue weighted by Crippen LogP contribution is 2.37. The van der Waals surface area contributed by atoms with Gasteiger partial charge in [-0.2, -0.15) is 18.2 Å². The molecular weight excluding hydrogens is 429 g/mol. The average molecular weight is 459 g/mol. The second kappa shape index (κ2) is 11.0. The third-order valence-corrected chi connectivity index (χ3v) is 4.84. The van der Waals surface area contributed by atoms with Crippen LogP contribution in [-0.4, -0.2) is 16.6 Å². The fourth-order valence-corrected chi connectivity index (χ4v) is 3.09. The Bertz CT molecular complexity index is 1040. The molecule has 0 saturated carbocycles. The highest BCUT2D eigenvalue weighted by atomic mass is 19.4. The lowest BCUT2D eigenvalue weighted by Gasteiger charge is -2.17. The van der Waals surface area contributed by atoms with Gasteiger partial charge in [0.05, 0.1) is 12.3 Å². The van der Waals surface area contributed by atoms with Crippen LogP contribution >= 0.6 is 0 Å². The zero-order valence-corrected chi connectivity index (χ0v) is 19.0.